The molecule has 0 spiro atoms. The van der Waals surface area contributed by atoms with E-state index in [1.54, 1.807) is 0 Å². The number of benzene rings is 3. The number of aryl methyl sites for hydroxylation is 2. The number of nitrogens with one attached hydrogen (secondary N) is 1. The summed E-state index contributed by atoms with van der Waals surface area (Å²) in [7, 11) is 0. The van der Waals surface area contributed by atoms with Crippen LogP contribution in [0.15, 0.2) is 84.9 Å². The third-order valence-electron chi connectivity index (χ3n) is 7.55. The van der Waals surface area contributed by atoms with E-state index in [2.05, 4.69) is 93.4 Å². The number of nitrogens with zero attached hydrogens (tertiary/aromatic N) is 3. The number of esters is 1. The molecule has 0 saturated heterocycles. The summed E-state index contributed by atoms with van der Waals surface area (Å²) in [5, 5.41) is 14.3. The van der Waals surface area contributed by atoms with Gasteiger partial charge in [-0.15, -0.1) is 10.2 Å². The Balaban J connectivity index is 1.30. The SMILES string of the molecule is CCOC(=O)CCCCC(/C=C/c1ccccc1OCCCCCc1ccccc1)CCc1ccc(-c2nn[nH]n2)cc1. The van der Waals surface area contributed by atoms with Crippen LogP contribution in [0.1, 0.15) is 75.0 Å². The molecule has 0 fully saturated rings. The minimum atomic E-state index is -0.109. The van der Waals surface area contributed by atoms with Gasteiger partial charge >= 0.3 is 5.97 Å². The van der Waals surface area contributed by atoms with Crippen molar-refractivity contribution in [3.05, 3.63) is 102 Å². The summed E-state index contributed by atoms with van der Waals surface area (Å²) in [6, 6.07) is 27.3. The number of H-pyrrole nitrogens is 1. The first kappa shape index (κ1) is 31.7. The lowest BCUT2D eigenvalue weighted by molar-refractivity contribution is -0.143. The van der Waals surface area contributed by atoms with Crippen molar-refractivity contribution in [3.63, 3.8) is 0 Å². The number of allylic oxidation sites excluding steroid dienone is 1. The van der Waals surface area contributed by atoms with Crippen LogP contribution in [0.5, 0.6) is 5.75 Å². The second kappa shape index (κ2) is 18.3. The fourth-order valence-corrected chi connectivity index (χ4v) is 5.13. The zero-order valence-electron chi connectivity index (χ0n) is 25.3. The lowest BCUT2D eigenvalue weighted by Crippen LogP contribution is -2.04. The van der Waals surface area contributed by atoms with Crippen LogP contribution in [0, 0.1) is 5.92 Å². The number of carbonyl (C=O) groups is 1. The lowest BCUT2D eigenvalue weighted by atomic mass is 9.92. The van der Waals surface area contributed by atoms with Crippen molar-refractivity contribution < 1.29 is 14.3 Å². The Morgan fingerprint density at radius 3 is 2.42 bits per heavy atom. The molecule has 4 rings (SSSR count). The van der Waals surface area contributed by atoms with Crippen LogP contribution in [0.2, 0.25) is 0 Å². The molecule has 0 aliphatic carbocycles. The molecule has 0 aliphatic rings. The summed E-state index contributed by atoms with van der Waals surface area (Å²) in [5.74, 6) is 1.80. The normalized spacial score (nSPS) is 11.9. The van der Waals surface area contributed by atoms with Gasteiger partial charge in [0.05, 0.1) is 13.2 Å². The summed E-state index contributed by atoms with van der Waals surface area (Å²) in [6.45, 7) is 3.00. The number of ether oxygens (including phenoxy) is 2. The molecule has 1 aromatic heterocycles. The maximum absolute atomic E-state index is 11.8. The number of hydrogen-bond donors (Lipinski definition) is 1. The maximum atomic E-state index is 11.8. The van der Waals surface area contributed by atoms with E-state index in [1.165, 1.54) is 17.5 Å². The molecule has 7 nitrogen and oxygen atoms in total. The van der Waals surface area contributed by atoms with Gasteiger partial charge in [-0.05, 0) is 86.6 Å². The first-order valence-corrected chi connectivity index (χ1v) is 15.6. The Bertz CT molecular complexity index is 1360. The third kappa shape index (κ3) is 11.5. The van der Waals surface area contributed by atoms with Crippen LogP contribution in [-0.4, -0.2) is 39.8 Å². The summed E-state index contributed by atoms with van der Waals surface area (Å²) >= 11 is 0. The van der Waals surface area contributed by atoms with Gasteiger partial charge in [0.25, 0.3) is 0 Å². The number of hydrogen-bond acceptors (Lipinski definition) is 6. The molecule has 1 unspecified atom stereocenters. The highest BCUT2D eigenvalue weighted by Crippen LogP contribution is 2.25. The first-order valence-electron chi connectivity index (χ1n) is 15.6. The molecule has 0 saturated carbocycles. The Morgan fingerprint density at radius 2 is 1.63 bits per heavy atom. The maximum Gasteiger partial charge on any atom is 0.305 e. The van der Waals surface area contributed by atoms with Crippen molar-refractivity contribution in [2.24, 2.45) is 5.92 Å². The molecule has 0 aliphatic heterocycles. The number of aromatic nitrogens is 4. The number of carbonyl (C=O) groups excluding carboxylic acids is 1. The summed E-state index contributed by atoms with van der Waals surface area (Å²) in [6.07, 6.45) is 14.3. The van der Waals surface area contributed by atoms with Crippen LogP contribution in [0.25, 0.3) is 17.5 Å². The van der Waals surface area contributed by atoms with Crippen LogP contribution >= 0.6 is 0 Å². The van der Waals surface area contributed by atoms with Gasteiger partial charge in [-0.25, -0.2) is 0 Å². The average Bonchev–Trinajstić information content (AvgIpc) is 3.58. The molecule has 0 amide bonds. The molecular formula is C36H44N4O3. The van der Waals surface area contributed by atoms with Crippen molar-refractivity contribution in [3.8, 4) is 17.1 Å². The molecule has 0 radical (unpaired) electrons. The Labute approximate surface area is 255 Å². The van der Waals surface area contributed by atoms with Gasteiger partial charge in [-0.3, -0.25) is 4.79 Å². The second-order valence-corrected chi connectivity index (χ2v) is 10.8. The third-order valence-corrected chi connectivity index (χ3v) is 7.55. The van der Waals surface area contributed by atoms with E-state index in [1.807, 2.05) is 25.1 Å². The van der Waals surface area contributed by atoms with E-state index < -0.39 is 0 Å². The zero-order valence-corrected chi connectivity index (χ0v) is 25.3. The van der Waals surface area contributed by atoms with E-state index >= 15 is 0 Å². The van der Waals surface area contributed by atoms with Gasteiger partial charge in [0.15, 0.2) is 0 Å². The summed E-state index contributed by atoms with van der Waals surface area (Å²) in [4.78, 5) is 11.8. The van der Waals surface area contributed by atoms with Crippen LogP contribution in [0.4, 0.5) is 0 Å². The van der Waals surface area contributed by atoms with Gasteiger partial charge in [0.1, 0.15) is 5.75 Å². The molecule has 0 bridgehead atoms. The second-order valence-electron chi connectivity index (χ2n) is 10.8. The van der Waals surface area contributed by atoms with Crippen molar-refractivity contribution in [1.82, 2.24) is 20.6 Å². The lowest BCUT2D eigenvalue weighted by Gasteiger charge is -2.14. The Kier molecular flexibility index (Phi) is 13.5. The molecule has 1 atom stereocenters. The standard InChI is InChI=1S/C36H44N4O3/c1-2-42-35(41)19-11-8-16-30(20-21-31-23-26-33(27-24-31)36-37-39-40-38-36)22-25-32-17-9-10-18-34(32)43-28-12-4-7-15-29-13-5-3-6-14-29/h3,5-6,9-10,13-14,17-18,22-27,30H,2,4,7-8,11-12,15-16,19-21,28H2,1H3,(H,37,38,39,40)/b25-22+. The Morgan fingerprint density at radius 1 is 0.837 bits per heavy atom. The minimum Gasteiger partial charge on any atom is -0.493 e. The molecule has 226 valence electrons. The molecular weight excluding hydrogens is 536 g/mol. The predicted octanol–water partition coefficient (Wildman–Crippen LogP) is 8.04. The van der Waals surface area contributed by atoms with E-state index in [9.17, 15) is 4.79 Å². The molecule has 7 heteroatoms. The number of tetrazole rings is 1. The predicted molar refractivity (Wildman–Crippen MR) is 171 cm³/mol. The largest absolute Gasteiger partial charge is 0.493 e. The van der Waals surface area contributed by atoms with E-state index in [4.69, 9.17) is 9.47 Å². The van der Waals surface area contributed by atoms with E-state index in [0.717, 1.165) is 74.8 Å². The van der Waals surface area contributed by atoms with Crippen molar-refractivity contribution in [1.29, 1.82) is 0 Å². The first-order chi connectivity index (χ1) is 21.2. The fourth-order valence-electron chi connectivity index (χ4n) is 5.13. The van der Waals surface area contributed by atoms with Crippen molar-refractivity contribution in [2.45, 2.75) is 71.1 Å². The van der Waals surface area contributed by atoms with Crippen LogP contribution < -0.4 is 4.74 Å². The quantitative estimate of drug-likeness (QED) is 0.0892. The molecule has 4 aromatic rings. The number of para-hydroxylation sites is 1. The van der Waals surface area contributed by atoms with E-state index in [-0.39, 0.29) is 5.97 Å². The van der Waals surface area contributed by atoms with Gasteiger partial charge in [-0.1, -0.05) is 91.4 Å². The fraction of sp³-hybridized carbons (Fsp3) is 0.389. The summed E-state index contributed by atoms with van der Waals surface area (Å²) < 4.78 is 11.3. The topological polar surface area (TPSA) is 90.0 Å². The highest BCUT2D eigenvalue weighted by atomic mass is 16.5. The number of rotatable bonds is 19. The smallest absolute Gasteiger partial charge is 0.305 e. The van der Waals surface area contributed by atoms with Crippen molar-refractivity contribution >= 4 is 12.0 Å². The molecule has 43 heavy (non-hydrogen) atoms. The van der Waals surface area contributed by atoms with Gasteiger partial charge in [0.2, 0.25) is 5.82 Å². The van der Waals surface area contributed by atoms with Gasteiger partial charge < -0.3 is 9.47 Å². The van der Waals surface area contributed by atoms with Gasteiger partial charge in [0, 0.05) is 17.5 Å². The molecule has 1 N–H and O–H groups in total. The molecule has 1 heterocycles. The van der Waals surface area contributed by atoms with Crippen molar-refractivity contribution in [2.75, 3.05) is 13.2 Å². The Hall–Kier alpha value is -4.26. The van der Waals surface area contributed by atoms with Crippen LogP contribution in [0.3, 0.4) is 0 Å². The average molecular weight is 581 g/mol. The van der Waals surface area contributed by atoms with E-state index in [0.29, 0.717) is 24.8 Å². The highest BCUT2D eigenvalue weighted by Gasteiger charge is 2.10. The summed E-state index contributed by atoms with van der Waals surface area (Å²) in [5.41, 5.74) is 4.72. The van der Waals surface area contributed by atoms with Crippen LogP contribution in [-0.2, 0) is 22.4 Å². The zero-order chi connectivity index (χ0) is 30.0. The van der Waals surface area contributed by atoms with Gasteiger partial charge in [-0.2, -0.15) is 5.21 Å². The molecule has 3 aromatic carbocycles. The number of aromatic amines is 1. The minimum absolute atomic E-state index is 0.109. The number of unbranched alkanes of at least 4 members (excludes halogenated alkanes) is 3. The monoisotopic (exact) mass is 580 g/mol. The highest BCUT2D eigenvalue weighted by molar-refractivity contribution is 5.69.